The van der Waals surface area contributed by atoms with E-state index in [0.717, 1.165) is 0 Å². The van der Waals surface area contributed by atoms with E-state index in [9.17, 15) is 18.3 Å². The first-order valence-electron chi connectivity index (χ1n) is 7.15. The second-order valence-corrected chi connectivity index (χ2v) is 7.51. The fourth-order valence-corrected chi connectivity index (χ4v) is 3.46. The molecule has 0 atom stereocenters. The van der Waals surface area contributed by atoms with E-state index in [1.165, 1.54) is 37.1 Å². The average molecular weight is 382 g/mol. The Kier molecular flexibility index (Phi) is 6.16. The summed E-state index contributed by atoms with van der Waals surface area (Å²) in [6.07, 6.45) is 1.76. The molecule has 0 unspecified atom stereocenters. The average Bonchev–Trinajstić information content (AvgIpc) is 2.57. The first kappa shape index (κ1) is 18.9. The van der Waals surface area contributed by atoms with Gasteiger partial charge in [-0.05, 0) is 36.6 Å². The van der Waals surface area contributed by atoms with Crippen LogP contribution in [0.1, 0.15) is 0 Å². The molecule has 2 aromatic carbocycles. The maximum atomic E-state index is 12.6. The molecule has 25 heavy (non-hydrogen) atoms. The molecule has 0 fully saturated rings. The number of carbonyl (C=O) groups excluding carboxylic acids is 1. The molecule has 0 saturated heterocycles. The van der Waals surface area contributed by atoms with Crippen molar-refractivity contribution < 1.29 is 23.1 Å². The largest absolute Gasteiger partial charge is 0.506 e. The molecule has 0 aliphatic heterocycles. The third-order valence-corrected chi connectivity index (χ3v) is 5.09. The van der Waals surface area contributed by atoms with E-state index in [1.54, 1.807) is 30.5 Å². The number of benzene rings is 2. The smallest absolute Gasteiger partial charge is 0.262 e. The standard InChI is InChI=1S/C16H18N2O5S2/c1-23-15-6-4-3-5-12(15)18-25(21,22)11-7-8-14(19)13(9-11)17-16(20)10-24-2/h3-9,18-19H,10H2,1-2H3,(H,17,20). The molecule has 0 aliphatic rings. The molecule has 0 spiro atoms. The second kappa shape index (κ2) is 8.13. The Morgan fingerprint density at radius 2 is 1.92 bits per heavy atom. The lowest BCUT2D eigenvalue weighted by molar-refractivity contribution is -0.113. The van der Waals surface area contributed by atoms with Gasteiger partial charge in [0.25, 0.3) is 10.0 Å². The van der Waals surface area contributed by atoms with E-state index >= 15 is 0 Å². The van der Waals surface area contributed by atoms with E-state index in [0.29, 0.717) is 5.75 Å². The second-order valence-electron chi connectivity index (χ2n) is 4.97. The van der Waals surface area contributed by atoms with Gasteiger partial charge >= 0.3 is 0 Å². The molecular formula is C16H18N2O5S2. The summed E-state index contributed by atoms with van der Waals surface area (Å²) >= 11 is 1.31. The molecule has 9 heteroatoms. The summed E-state index contributed by atoms with van der Waals surface area (Å²) < 4.78 is 32.7. The molecule has 0 aromatic heterocycles. The summed E-state index contributed by atoms with van der Waals surface area (Å²) in [5.74, 6) is 0.00895. The lowest BCUT2D eigenvalue weighted by Crippen LogP contribution is -2.16. The van der Waals surface area contributed by atoms with E-state index < -0.39 is 10.0 Å². The third kappa shape index (κ3) is 4.80. The number of sulfonamides is 1. The number of methoxy groups -OCH3 is 1. The van der Waals surface area contributed by atoms with Crippen molar-refractivity contribution in [2.45, 2.75) is 4.90 Å². The number of aromatic hydroxyl groups is 1. The minimum atomic E-state index is -3.93. The topological polar surface area (TPSA) is 105 Å². The van der Waals surface area contributed by atoms with Gasteiger partial charge in [0.05, 0.1) is 29.1 Å². The van der Waals surface area contributed by atoms with Crippen LogP contribution in [0.5, 0.6) is 11.5 Å². The Morgan fingerprint density at radius 1 is 1.20 bits per heavy atom. The molecule has 2 aromatic rings. The number of rotatable bonds is 7. The number of ether oxygens (including phenoxy) is 1. The summed E-state index contributed by atoms with van der Waals surface area (Å²) in [4.78, 5) is 11.6. The summed E-state index contributed by atoms with van der Waals surface area (Å²) in [5.41, 5.74) is 0.313. The van der Waals surface area contributed by atoms with Crippen LogP contribution in [0.3, 0.4) is 0 Å². The van der Waals surface area contributed by atoms with Crippen molar-refractivity contribution in [1.82, 2.24) is 0 Å². The summed E-state index contributed by atoms with van der Waals surface area (Å²) in [5, 5.41) is 12.3. The van der Waals surface area contributed by atoms with Crippen molar-refractivity contribution in [2.24, 2.45) is 0 Å². The van der Waals surface area contributed by atoms with E-state index in [1.807, 2.05) is 0 Å². The molecule has 2 rings (SSSR count). The Balaban J connectivity index is 2.31. The number of anilines is 2. The highest BCUT2D eigenvalue weighted by molar-refractivity contribution is 7.99. The summed E-state index contributed by atoms with van der Waals surface area (Å²) in [6.45, 7) is 0. The van der Waals surface area contributed by atoms with Crippen molar-refractivity contribution in [3.05, 3.63) is 42.5 Å². The molecule has 7 nitrogen and oxygen atoms in total. The van der Waals surface area contributed by atoms with Gasteiger partial charge in [-0.3, -0.25) is 9.52 Å². The van der Waals surface area contributed by atoms with Crippen LogP contribution >= 0.6 is 11.8 Å². The fourth-order valence-electron chi connectivity index (χ4n) is 2.03. The Morgan fingerprint density at radius 3 is 2.60 bits per heavy atom. The van der Waals surface area contributed by atoms with Crippen LogP contribution in [0, 0.1) is 0 Å². The number of hydrogen-bond acceptors (Lipinski definition) is 6. The van der Waals surface area contributed by atoms with E-state index in [2.05, 4.69) is 10.0 Å². The van der Waals surface area contributed by atoms with Crippen LogP contribution in [-0.2, 0) is 14.8 Å². The van der Waals surface area contributed by atoms with Gasteiger partial charge in [-0.15, -0.1) is 0 Å². The monoisotopic (exact) mass is 382 g/mol. The molecule has 3 N–H and O–H groups in total. The van der Waals surface area contributed by atoms with Crippen LogP contribution in [0.15, 0.2) is 47.4 Å². The molecule has 0 radical (unpaired) electrons. The zero-order valence-electron chi connectivity index (χ0n) is 13.6. The minimum Gasteiger partial charge on any atom is -0.506 e. The van der Waals surface area contributed by atoms with Gasteiger partial charge in [-0.1, -0.05) is 12.1 Å². The highest BCUT2D eigenvalue weighted by Crippen LogP contribution is 2.30. The van der Waals surface area contributed by atoms with Gasteiger partial charge in [0.15, 0.2) is 0 Å². The normalized spacial score (nSPS) is 11.0. The molecule has 0 saturated carbocycles. The number of nitrogens with one attached hydrogen (secondary N) is 2. The Bertz CT molecular complexity index is 869. The number of para-hydroxylation sites is 2. The van der Waals surface area contributed by atoms with Crippen LogP contribution in [-0.4, -0.2) is 38.5 Å². The van der Waals surface area contributed by atoms with Crippen LogP contribution in [0.4, 0.5) is 11.4 Å². The van der Waals surface area contributed by atoms with Crippen molar-refractivity contribution in [2.75, 3.05) is 29.2 Å². The number of thioether (sulfide) groups is 1. The molecule has 0 heterocycles. The summed E-state index contributed by atoms with van der Waals surface area (Å²) in [6, 6.07) is 10.2. The zero-order valence-corrected chi connectivity index (χ0v) is 15.3. The van der Waals surface area contributed by atoms with E-state index in [4.69, 9.17) is 4.74 Å². The SMILES string of the molecule is COc1ccccc1NS(=O)(=O)c1ccc(O)c(NC(=O)CSC)c1. The lowest BCUT2D eigenvalue weighted by Gasteiger charge is -2.13. The first-order valence-corrected chi connectivity index (χ1v) is 10.0. The predicted molar refractivity (Wildman–Crippen MR) is 98.9 cm³/mol. The van der Waals surface area contributed by atoms with Gasteiger partial charge in [0.2, 0.25) is 5.91 Å². The Labute approximate surface area is 150 Å². The highest BCUT2D eigenvalue weighted by Gasteiger charge is 2.18. The molecule has 0 aliphatic carbocycles. The third-order valence-electron chi connectivity index (χ3n) is 3.18. The van der Waals surface area contributed by atoms with Crippen LogP contribution in [0.2, 0.25) is 0 Å². The molecular weight excluding hydrogens is 364 g/mol. The van der Waals surface area contributed by atoms with E-state index in [-0.39, 0.29) is 33.7 Å². The molecule has 0 bridgehead atoms. The highest BCUT2D eigenvalue weighted by atomic mass is 32.2. The fraction of sp³-hybridized carbons (Fsp3) is 0.188. The number of phenols is 1. The van der Waals surface area contributed by atoms with Crippen LogP contribution < -0.4 is 14.8 Å². The number of carbonyl (C=O) groups is 1. The first-order chi connectivity index (χ1) is 11.9. The molecule has 1 amide bonds. The van der Waals surface area contributed by atoms with Gasteiger partial charge < -0.3 is 15.2 Å². The van der Waals surface area contributed by atoms with Gasteiger partial charge in [-0.2, -0.15) is 11.8 Å². The van der Waals surface area contributed by atoms with Gasteiger partial charge in [0.1, 0.15) is 11.5 Å². The Hall–Kier alpha value is -2.39. The predicted octanol–water partition coefficient (Wildman–Crippen LogP) is 2.50. The number of phenolic OH excluding ortho intramolecular Hbond substituents is 1. The van der Waals surface area contributed by atoms with Gasteiger partial charge in [0, 0.05) is 0 Å². The molecule has 134 valence electrons. The maximum Gasteiger partial charge on any atom is 0.262 e. The van der Waals surface area contributed by atoms with Crippen molar-refractivity contribution in [3.63, 3.8) is 0 Å². The van der Waals surface area contributed by atoms with Crippen LogP contribution in [0.25, 0.3) is 0 Å². The van der Waals surface area contributed by atoms with Crippen molar-refractivity contribution >= 4 is 39.1 Å². The van der Waals surface area contributed by atoms with Gasteiger partial charge in [-0.25, -0.2) is 8.42 Å². The minimum absolute atomic E-state index is 0.0296. The number of amides is 1. The van der Waals surface area contributed by atoms with Crippen molar-refractivity contribution in [1.29, 1.82) is 0 Å². The zero-order chi connectivity index (χ0) is 18.4. The summed E-state index contributed by atoms with van der Waals surface area (Å²) in [7, 11) is -2.49. The maximum absolute atomic E-state index is 12.6. The quantitative estimate of drug-likeness (QED) is 0.636. The van der Waals surface area contributed by atoms with Crippen molar-refractivity contribution in [3.8, 4) is 11.5 Å². The number of hydrogen-bond donors (Lipinski definition) is 3. The lowest BCUT2D eigenvalue weighted by atomic mass is 10.3.